The maximum atomic E-state index is 11.3. The zero-order chi connectivity index (χ0) is 12.0. The van der Waals surface area contributed by atoms with Gasteiger partial charge in [0.15, 0.2) is 0 Å². The van der Waals surface area contributed by atoms with Crippen molar-refractivity contribution in [2.45, 2.75) is 20.3 Å². The van der Waals surface area contributed by atoms with Gasteiger partial charge >= 0.3 is 0 Å². The molecule has 5 heteroatoms. The second-order valence-electron chi connectivity index (χ2n) is 4.38. The van der Waals surface area contributed by atoms with E-state index in [2.05, 4.69) is 5.32 Å². The fourth-order valence-corrected chi connectivity index (χ4v) is 1.56. The standard InChI is InChI=1S/C11H20N2O3/c1-9(2)7-10(14)12-3-4-13-5-6-16-8-11(13)15/h9H,3-8H2,1-2H3,(H,12,14). The molecule has 5 nitrogen and oxygen atoms in total. The third-order valence-corrected chi connectivity index (χ3v) is 2.38. The molecule has 16 heavy (non-hydrogen) atoms. The average molecular weight is 228 g/mol. The van der Waals surface area contributed by atoms with Gasteiger partial charge in [-0.05, 0) is 5.92 Å². The van der Waals surface area contributed by atoms with Crippen LogP contribution >= 0.6 is 0 Å². The first-order chi connectivity index (χ1) is 7.59. The molecule has 0 bridgehead atoms. The molecule has 1 N–H and O–H groups in total. The zero-order valence-corrected chi connectivity index (χ0v) is 9.99. The van der Waals surface area contributed by atoms with Crippen LogP contribution in [0.15, 0.2) is 0 Å². The molecule has 0 spiro atoms. The van der Waals surface area contributed by atoms with Gasteiger partial charge in [-0.15, -0.1) is 0 Å². The molecular weight excluding hydrogens is 208 g/mol. The summed E-state index contributed by atoms with van der Waals surface area (Å²) in [6.07, 6.45) is 0.539. The van der Waals surface area contributed by atoms with Crippen molar-refractivity contribution in [1.82, 2.24) is 10.2 Å². The average Bonchev–Trinajstić information content (AvgIpc) is 2.19. The number of nitrogens with zero attached hydrogens (tertiary/aromatic N) is 1. The number of hydrogen-bond donors (Lipinski definition) is 1. The molecule has 0 radical (unpaired) electrons. The van der Waals surface area contributed by atoms with Crippen LogP contribution in [0.4, 0.5) is 0 Å². The minimum atomic E-state index is 0.00404. The van der Waals surface area contributed by atoms with Gasteiger partial charge in [-0.25, -0.2) is 0 Å². The first-order valence-corrected chi connectivity index (χ1v) is 5.72. The summed E-state index contributed by atoms with van der Waals surface area (Å²) in [6.45, 7) is 6.49. The molecule has 0 unspecified atom stereocenters. The Morgan fingerprint density at radius 2 is 2.31 bits per heavy atom. The number of rotatable bonds is 5. The van der Waals surface area contributed by atoms with Gasteiger partial charge < -0.3 is 15.0 Å². The van der Waals surface area contributed by atoms with E-state index in [1.54, 1.807) is 4.90 Å². The summed E-state index contributed by atoms with van der Waals surface area (Å²) in [6, 6.07) is 0. The minimum absolute atomic E-state index is 0.00404. The van der Waals surface area contributed by atoms with Crippen LogP contribution in [0, 0.1) is 5.92 Å². The molecule has 1 saturated heterocycles. The highest BCUT2D eigenvalue weighted by atomic mass is 16.5. The predicted octanol–water partition coefficient (Wildman–Crippen LogP) is 0.00750. The van der Waals surface area contributed by atoms with Crippen molar-refractivity contribution < 1.29 is 14.3 Å². The summed E-state index contributed by atoms with van der Waals surface area (Å²) in [5.74, 6) is 0.421. The molecular formula is C11H20N2O3. The molecule has 0 atom stereocenters. The van der Waals surface area contributed by atoms with Gasteiger partial charge in [0.1, 0.15) is 6.61 Å². The van der Waals surface area contributed by atoms with E-state index in [9.17, 15) is 9.59 Å². The Kier molecular flexibility index (Phi) is 5.25. The van der Waals surface area contributed by atoms with E-state index in [-0.39, 0.29) is 18.4 Å². The summed E-state index contributed by atoms with van der Waals surface area (Å²) in [5, 5.41) is 2.81. The van der Waals surface area contributed by atoms with Crippen LogP contribution in [-0.4, -0.2) is 49.6 Å². The molecule has 92 valence electrons. The third-order valence-electron chi connectivity index (χ3n) is 2.38. The lowest BCUT2D eigenvalue weighted by molar-refractivity contribution is -0.142. The van der Waals surface area contributed by atoms with Gasteiger partial charge in [0.25, 0.3) is 0 Å². The monoisotopic (exact) mass is 228 g/mol. The molecule has 1 rings (SSSR count). The zero-order valence-electron chi connectivity index (χ0n) is 9.99. The van der Waals surface area contributed by atoms with Crippen molar-refractivity contribution >= 4 is 11.8 Å². The minimum Gasteiger partial charge on any atom is -0.370 e. The molecule has 1 aliphatic heterocycles. The van der Waals surface area contributed by atoms with E-state index in [1.807, 2.05) is 13.8 Å². The summed E-state index contributed by atoms with van der Waals surface area (Å²) >= 11 is 0. The summed E-state index contributed by atoms with van der Waals surface area (Å²) in [4.78, 5) is 24.4. The van der Waals surface area contributed by atoms with Crippen molar-refractivity contribution in [3.8, 4) is 0 Å². The number of hydrogen-bond acceptors (Lipinski definition) is 3. The lowest BCUT2D eigenvalue weighted by atomic mass is 10.1. The van der Waals surface area contributed by atoms with Crippen LogP contribution in [-0.2, 0) is 14.3 Å². The highest BCUT2D eigenvalue weighted by molar-refractivity contribution is 5.78. The molecule has 1 fully saturated rings. The van der Waals surface area contributed by atoms with Crippen molar-refractivity contribution in [2.75, 3.05) is 32.8 Å². The van der Waals surface area contributed by atoms with Gasteiger partial charge in [-0.2, -0.15) is 0 Å². The molecule has 1 aliphatic rings. The van der Waals surface area contributed by atoms with E-state index < -0.39 is 0 Å². The van der Waals surface area contributed by atoms with Crippen molar-refractivity contribution in [3.05, 3.63) is 0 Å². The maximum Gasteiger partial charge on any atom is 0.248 e. The molecule has 0 aromatic heterocycles. The second-order valence-corrected chi connectivity index (χ2v) is 4.38. The van der Waals surface area contributed by atoms with E-state index in [0.717, 1.165) is 0 Å². The largest absolute Gasteiger partial charge is 0.370 e. The number of morpholine rings is 1. The number of nitrogens with one attached hydrogen (secondary N) is 1. The lowest BCUT2D eigenvalue weighted by Crippen LogP contribution is -2.45. The molecule has 2 amide bonds. The molecule has 0 aromatic carbocycles. The Labute approximate surface area is 96.1 Å². The maximum absolute atomic E-state index is 11.3. The Hall–Kier alpha value is -1.10. The number of carbonyl (C=O) groups is 2. The Balaban J connectivity index is 2.14. The van der Waals surface area contributed by atoms with E-state index >= 15 is 0 Å². The highest BCUT2D eigenvalue weighted by Crippen LogP contribution is 1.99. The third kappa shape index (κ3) is 4.61. The SMILES string of the molecule is CC(C)CC(=O)NCCN1CCOCC1=O. The van der Waals surface area contributed by atoms with Gasteiger partial charge in [0.05, 0.1) is 6.61 Å². The quantitative estimate of drug-likeness (QED) is 0.721. The molecule has 0 saturated carbocycles. The van der Waals surface area contributed by atoms with Crippen molar-refractivity contribution in [2.24, 2.45) is 5.92 Å². The topological polar surface area (TPSA) is 58.6 Å². The van der Waals surface area contributed by atoms with Gasteiger partial charge in [-0.3, -0.25) is 9.59 Å². The molecule has 1 heterocycles. The van der Waals surface area contributed by atoms with Crippen LogP contribution < -0.4 is 5.32 Å². The van der Waals surface area contributed by atoms with Gasteiger partial charge in [-0.1, -0.05) is 13.8 Å². The van der Waals surface area contributed by atoms with E-state index in [1.165, 1.54) is 0 Å². The van der Waals surface area contributed by atoms with Crippen LogP contribution in [0.2, 0.25) is 0 Å². The Morgan fingerprint density at radius 1 is 1.56 bits per heavy atom. The van der Waals surface area contributed by atoms with Crippen LogP contribution in [0.25, 0.3) is 0 Å². The van der Waals surface area contributed by atoms with E-state index in [0.29, 0.717) is 38.6 Å². The Bertz CT molecular complexity index is 254. The fraction of sp³-hybridized carbons (Fsp3) is 0.818. The first-order valence-electron chi connectivity index (χ1n) is 5.72. The number of carbonyl (C=O) groups excluding carboxylic acids is 2. The summed E-state index contributed by atoms with van der Waals surface area (Å²) < 4.78 is 5.01. The summed E-state index contributed by atoms with van der Waals surface area (Å²) in [7, 11) is 0. The number of amides is 2. The fourth-order valence-electron chi connectivity index (χ4n) is 1.56. The summed E-state index contributed by atoms with van der Waals surface area (Å²) in [5.41, 5.74) is 0. The van der Waals surface area contributed by atoms with Gasteiger partial charge in [0, 0.05) is 26.1 Å². The lowest BCUT2D eigenvalue weighted by Gasteiger charge is -2.26. The molecule has 0 aromatic rings. The molecule has 0 aliphatic carbocycles. The van der Waals surface area contributed by atoms with E-state index in [4.69, 9.17) is 4.74 Å². The normalized spacial score (nSPS) is 16.7. The van der Waals surface area contributed by atoms with Crippen molar-refractivity contribution in [1.29, 1.82) is 0 Å². The van der Waals surface area contributed by atoms with Crippen LogP contribution in [0.1, 0.15) is 20.3 Å². The second kappa shape index (κ2) is 6.48. The highest BCUT2D eigenvalue weighted by Gasteiger charge is 2.17. The van der Waals surface area contributed by atoms with Gasteiger partial charge in [0.2, 0.25) is 11.8 Å². The van der Waals surface area contributed by atoms with Crippen LogP contribution in [0.5, 0.6) is 0 Å². The Morgan fingerprint density at radius 3 is 2.94 bits per heavy atom. The van der Waals surface area contributed by atoms with Crippen molar-refractivity contribution in [3.63, 3.8) is 0 Å². The predicted molar refractivity (Wildman–Crippen MR) is 59.9 cm³/mol. The number of ether oxygens (including phenoxy) is 1. The smallest absolute Gasteiger partial charge is 0.248 e. The first kappa shape index (κ1) is 13.0. The van der Waals surface area contributed by atoms with Crippen LogP contribution in [0.3, 0.4) is 0 Å².